The molecule has 188 valence electrons. The van der Waals surface area contributed by atoms with Gasteiger partial charge in [0.1, 0.15) is 0 Å². The van der Waals surface area contributed by atoms with Gasteiger partial charge in [0.25, 0.3) is 0 Å². The molecule has 0 bridgehead atoms. The molecule has 0 heterocycles. The highest BCUT2D eigenvalue weighted by Crippen LogP contribution is 2.66. The van der Waals surface area contributed by atoms with Crippen LogP contribution >= 0.6 is 0 Å². The quantitative estimate of drug-likeness (QED) is 0.220. The molecule has 2 N–H and O–H groups in total. The summed E-state index contributed by atoms with van der Waals surface area (Å²) in [6.45, 7) is 13.4. The molecule has 4 aliphatic rings. The summed E-state index contributed by atoms with van der Waals surface area (Å²) >= 11 is 0. The van der Waals surface area contributed by atoms with Crippen molar-refractivity contribution in [3.05, 3.63) is 36.0 Å². The van der Waals surface area contributed by atoms with E-state index in [4.69, 9.17) is 9.57 Å². The van der Waals surface area contributed by atoms with Crippen LogP contribution in [-0.4, -0.2) is 38.5 Å². The first-order valence-corrected chi connectivity index (χ1v) is 12.4. The number of ether oxygens (including phenoxy) is 1. The second-order valence-corrected chi connectivity index (χ2v) is 9.87. The Labute approximate surface area is 200 Å². The molecule has 0 aromatic heterocycles. The largest absolute Gasteiger partial charge is 0.392 e. The minimum Gasteiger partial charge on any atom is -0.392 e. The molecule has 6 heteroatoms. The highest BCUT2D eigenvalue weighted by Gasteiger charge is 2.58. The molecule has 6 unspecified atom stereocenters. The van der Waals surface area contributed by atoms with Crippen LogP contribution in [-0.2, 0) is 9.57 Å². The molecule has 33 heavy (non-hydrogen) atoms. The van der Waals surface area contributed by atoms with E-state index in [-0.39, 0.29) is 18.8 Å². The number of nitrogens with zero attached hydrogens (tertiary/aromatic N) is 1. The molecule has 0 spiro atoms. The Bertz CT molecular complexity index is 750. The van der Waals surface area contributed by atoms with Gasteiger partial charge in [-0.1, -0.05) is 45.9 Å². The summed E-state index contributed by atoms with van der Waals surface area (Å²) in [6, 6.07) is 0. The van der Waals surface area contributed by atoms with Gasteiger partial charge in [-0.05, 0) is 85.3 Å². The van der Waals surface area contributed by atoms with Crippen molar-refractivity contribution in [3.8, 4) is 0 Å². The van der Waals surface area contributed by atoms with Crippen molar-refractivity contribution >= 4 is 5.71 Å². The molecule has 0 amide bonds. The Morgan fingerprint density at radius 3 is 2.61 bits per heavy atom. The number of fused-ring (bicyclic) bond motifs is 5. The Morgan fingerprint density at radius 2 is 1.94 bits per heavy atom. The van der Waals surface area contributed by atoms with Gasteiger partial charge in [-0.3, -0.25) is 4.39 Å². The van der Waals surface area contributed by atoms with E-state index in [0.717, 1.165) is 29.5 Å². The zero-order chi connectivity index (χ0) is 24.6. The van der Waals surface area contributed by atoms with E-state index >= 15 is 0 Å². The van der Waals surface area contributed by atoms with Gasteiger partial charge in [-0.25, -0.2) is 4.84 Å². The van der Waals surface area contributed by atoms with Gasteiger partial charge in [-0.15, -0.1) is 0 Å². The van der Waals surface area contributed by atoms with Crippen molar-refractivity contribution in [2.75, 3.05) is 27.7 Å². The molecule has 0 saturated heterocycles. The van der Waals surface area contributed by atoms with Crippen LogP contribution in [0.2, 0.25) is 0 Å². The highest BCUT2D eigenvalue weighted by atomic mass is 19.1. The first kappa shape index (κ1) is 27.7. The van der Waals surface area contributed by atoms with Crippen molar-refractivity contribution in [1.29, 1.82) is 0 Å². The van der Waals surface area contributed by atoms with Gasteiger partial charge in [0.2, 0.25) is 0 Å². The number of aliphatic hydroxyl groups excluding tert-OH is 1. The predicted molar refractivity (Wildman–Crippen MR) is 133 cm³/mol. The van der Waals surface area contributed by atoms with Crippen molar-refractivity contribution in [2.45, 2.75) is 66.2 Å². The summed E-state index contributed by atoms with van der Waals surface area (Å²) in [4.78, 5) is 5.08. The Balaban J connectivity index is 0.000000914. The summed E-state index contributed by atoms with van der Waals surface area (Å²) in [6.07, 6.45) is 14.2. The van der Waals surface area contributed by atoms with E-state index in [9.17, 15) is 9.50 Å². The van der Waals surface area contributed by atoms with Crippen LogP contribution in [0.3, 0.4) is 0 Å². The van der Waals surface area contributed by atoms with E-state index in [1.807, 2.05) is 13.8 Å². The smallest absolute Gasteiger partial charge is 0.174 e. The van der Waals surface area contributed by atoms with Crippen molar-refractivity contribution in [3.63, 3.8) is 0 Å². The molecule has 0 aromatic carbocycles. The van der Waals surface area contributed by atoms with Crippen LogP contribution in [0.25, 0.3) is 0 Å². The van der Waals surface area contributed by atoms with Crippen LogP contribution in [0.5, 0.6) is 0 Å². The van der Waals surface area contributed by atoms with E-state index in [2.05, 4.69) is 49.3 Å². The lowest BCUT2D eigenvalue weighted by Crippen LogP contribution is -2.49. The summed E-state index contributed by atoms with van der Waals surface area (Å²) in [5.41, 5.74) is 6.52. The molecule has 0 aliphatic heterocycles. The maximum absolute atomic E-state index is 9.70. The Hall–Kier alpha value is -1.50. The van der Waals surface area contributed by atoms with Crippen molar-refractivity contribution in [1.82, 2.24) is 5.59 Å². The van der Waals surface area contributed by atoms with E-state index < -0.39 is 0 Å². The molecule has 0 radical (unpaired) electrons. The average Bonchev–Trinajstić information content (AvgIpc) is 3.21. The third-order valence-corrected chi connectivity index (χ3v) is 8.68. The highest BCUT2D eigenvalue weighted by molar-refractivity contribution is 6.05. The van der Waals surface area contributed by atoms with Crippen molar-refractivity contribution in [2.24, 2.45) is 39.6 Å². The Morgan fingerprint density at radius 1 is 1.21 bits per heavy atom. The van der Waals surface area contributed by atoms with Gasteiger partial charge in [0.15, 0.2) is 6.79 Å². The minimum atomic E-state index is 0.128. The first-order chi connectivity index (χ1) is 15.9. The molecule has 6 atom stereocenters. The SMILES string of the molecule is C=C(CO)C1CCC2C3CCC4=C/C(=N/NOCOC)C=CC4(C)C3CCC12C.CC.CF. The number of alkyl halides is 1. The number of rotatable bonds is 6. The van der Waals surface area contributed by atoms with Crippen molar-refractivity contribution < 1.29 is 19.1 Å². The number of aliphatic hydroxyl groups is 1. The standard InChI is InChI=1S/C24H36N2O3.C2H6.CH3F/c1-16(14-27)20-7-8-21-19-6-5-17-13-18(25-26-29-15-28-4)9-11-23(17,2)22(19)10-12-24(20,21)3;2*1-2/h9,11,13,19-22,26-27H,1,5-8,10,12,14-15H2,2-4H3;1-2H3;1H3/b25-18+;;. The fourth-order valence-electron chi connectivity index (χ4n) is 7.23. The zero-order valence-corrected chi connectivity index (χ0v) is 21.5. The molecule has 3 fully saturated rings. The fourth-order valence-corrected chi connectivity index (χ4v) is 7.23. The number of hydrazone groups is 1. The first-order valence-electron chi connectivity index (χ1n) is 12.4. The average molecular weight is 465 g/mol. The second-order valence-electron chi connectivity index (χ2n) is 9.87. The number of hydrogen-bond acceptors (Lipinski definition) is 5. The van der Waals surface area contributed by atoms with Crippen LogP contribution in [0, 0.1) is 34.5 Å². The number of halogens is 1. The van der Waals surface area contributed by atoms with Gasteiger partial charge >= 0.3 is 0 Å². The lowest BCUT2D eigenvalue weighted by Gasteiger charge is -2.57. The third-order valence-electron chi connectivity index (χ3n) is 8.68. The molecular weight excluding hydrogens is 419 g/mol. The molecule has 5 nitrogen and oxygen atoms in total. The maximum Gasteiger partial charge on any atom is 0.174 e. The fraction of sp³-hybridized carbons (Fsp3) is 0.741. The van der Waals surface area contributed by atoms with Crippen LogP contribution in [0.4, 0.5) is 4.39 Å². The monoisotopic (exact) mass is 464 g/mol. The lowest BCUT2D eigenvalue weighted by molar-refractivity contribution is -0.0810. The summed E-state index contributed by atoms with van der Waals surface area (Å²) in [7, 11) is 2.09. The molecule has 0 aromatic rings. The van der Waals surface area contributed by atoms with Crippen LogP contribution < -0.4 is 5.59 Å². The molecule has 3 saturated carbocycles. The van der Waals surface area contributed by atoms with Gasteiger partial charge in [-0.2, -0.15) is 10.7 Å². The van der Waals surface area contributed by atoms with Crippen LogP contribution in [0.1, 0.15) is 66.2 Å². The minimum absolute atomic E-state index is 0.128. The van der Waals surface area contributed by atoms with E-state index in [1.54, 1.807) is 7.11 Å². The topological polar surface area (TPSA) is 63.1 Å². The van der Waals surface area contributed by atoms with Gasteiger partial charge in [0.05, 0.1) is 19.5 Å². The second kappa shape index (κ2) is 12.3. The summed E-state index contributed by atoms with van der Waals surface area (Å²) < 4.78 is 14.4. The van der Waals surface area contributed by atoms with E-state index in [0.29, 0.717) is 24.4 Å². The lowest BCUT2D eigenvalue weighted by atomic mass is 9.47. The van der Waals surface area contributed by atoms with Gasteiger partial charge in [0, 0.05) is 12.5 Å². The van der Waals surface area contributed by atoms with Gasteiger partial charge < -0.3 is 9.84 Å². The third kappa shape index (κ3) is 5.28. The summed E-state index contributed by atoms with van der Waals surface area (Å²) in [5.74, 6) is 2.69. The van der Waals surface area contributed by atoms with E-state index in [1.165, 1.54) is 37.7 Å². The maximum atomic E-state index is 9.70. The molecule has 4 aliphatic carbocycles. The predicted octanol–water partition coefficient (Wildman–Crippen LogP) is 5.98. The zero-order valence-electron chi connectivity index (χ0n) is 21.5. The number of methoxy groups -OCH3 is 1. The summed E-state index contributed by atoms with van der Waals surface area (Å²) in [5, 5.41) is 14.0. The molecular formula is C27H45FN2O3. The number of hydrogen-bond donors (Lipinski definition) is 2. The Kier molecular flexibility index (Phi) is 10.3. The van der Waals surface area contributed by atoms with Crippen LogP contribution in [0.15, 0.2) is 41.1 Å². The number of nitrogens with one attached hydrogen (secondary N) is 1. The normalized spacial score (nSPS) is 37.3. The number of allylic oxidation sites excluding steroid dienone is 4. The molecule has 4 rings (SSSR count).